The lowest BCUT2D eigenvalue weighted by atomic mass is 10.0. The third-order valence-corrected chi connectivity index (χ3v) is 3.68. The van der Waals surface area contributed by atoms with Gasteiger partial charge in [0.2, 0.25) is 0 Å². The first kappa shape index (κ1) is 12.6. The van der Waals surface area contributed by atoms with Gasteiger partial charge in [-0.25, -0.2) is 4.79 Å². The molecule has 0 unspecified atom stereocenters. The molecule has 0 spiro atoms. The molecule has 2 heterocycles. The number of allylic oxidation sites excluding steroid dienone is 1. The smallest absolute Gasteiger partial charge is 0.347 e. The summed E-state index contributed by atoms with van der Waals surface area (Å²) in [6.07, 6.45) is 3.29. The molecule has 4 nitrogen and oxygen atoms in total. The van der Waals surface area contributed by atoms with E-state index >= 15 is 0 Å². The highest BCUT2D eigenvalue weighted by atomic mass is 16.4. The summed E-state index contributed by atoms with van der Waals surface area (Å²) in [5.74, 6) is -0.0721. The zero-order valence-electron chi connectivity index (χ0n) is 11.5. The number of aliphatic imine (C=N–C) groups is 1. The van der Waals surface area contributed by atoms with Gasteiger partial charge in [0.25, 0.3) is 0 Å². The van der Waals surface area contributed by atoms with Crippen molar-refractivity contribution in [1.82, 2.24) is 0 Å². The Morgan fingerprint density at radius 2 is 1.82 bits per heavy atom. The summed E-state index contributed by atoms with van der Waals surface area (Å²) in [6, 6.07) is 14.5. The molecule has 2 aromatic carbocycles. The summed E-state index contributed by atoms with van der Waals surface area (Å²) in [4.78, 5) is 16.4. The molecule has 0 fully saturated rings. The minimum Gasteiger partial charge on any atom is -0.506 e. The number of para-hydroxylation sites is 2. The molecular formula is C18H11NO3. The molecule has 4 rings (SSSR count). The van der Waals surface area contributed by atoms with E-state index in [4.69, 9.17) is 4.42 Å². The minimum atomic E-state index is -0.568. The molecule has 1 N–H and O–H groups in total. The van der Waals surface area contributed by atoms with Crippen LogP contribution in [0.5, 0.6) is 5.75 Å². The summed E-state index contributed by atoms with van der Waals surface area (Å²) < 4.78 is 5.27. The average Bonchev–Trinajstić information content (AvgIpc) is 2.95. The van der Waals surface area contributed by atoms with Crippen molar-refractivity contribution in [1.29, 1.82) is 0 Å². The first-order valence-corrected chi connectivity index (χ1v) is 6.84. The van der Waals surface area contributed by atoms with Crippen molar-refractivity contribution in [2.45, 2.75) is 0 Å². The van der Waals surface area contributed by atoms with Gasteiger partial charge in [-0.1, -0.05) is 30.3 Å². The Labute approximate surface area is 125 Å². The van der Waals surface area contributed by atoms with Crippen molar-refractivity contribution in [3.8, 4) is 5.75 Å². The molecule has 106 valence electrons. The molecule has 0 bridgehead atoms. The fourth-order valence-electron chi connectivity index (χ4n) is 2.58. The van der Waals surface area contributed by atoms with Crippen LogP contribution in [0.1, 0.15) is 11.1 Å². The molecule has 1 aliphatic heterocycles. The Kier molecular flexibility index (Phi) is 2.69. The van der Waals surface area contributed by atoms with Crippen LogP contribution < -0.4 is 5.63 Å². The van der Waals surface area contributed by atoms with E-state index in [1.807, 2.05) is 24.3 Å². The quantitative estimate of drug-likeness (QED) is 0.694. The van der Waals surface area contributed by atoms with Crippen molar-refractivity contribution in [3.05, 3.63) is 70.1 Å². The maximum absolute atomic E-state index is 12.1. The number of nitrogens with zero attached hydrogens (tertiary/aromatic N) is 1. The molecule has 0 aliphatic carbocycles. The second kappa shape index (κ2) is 4.70. The Balaban J connectivity index is 1.95. The Bertz CT molecular complexity index is 1010. The second-order valence-corrected chi connectivity index (χ2v) is 5.02. The standard InChI is InChI=1S/C18H11NO3/c20-17-13-6-2-4-8-16(13)22-18(21)14(17)9-11-10-19-15-7-3-1-5-12(11)15/h1-10,20H. The predicted octanol–water partition coefficient (Wildman–Crippen LogP) is 3.76. The molecule has 3 aromatic rings. The van der Waals surface area contributed by atoms with Crippen molar-refractivity contribution in [2.24, 2.45) is 4.99 Å². The van der Waals surface area contributed by atoms with Crippen LogP contribution in [0.2, 0.25) is 0 Å². The van der Waals surface area contributed by atoms with Gasteiger partial charge in [0.05, 0.1) is 11.1 Å². The lowest BCUT2D eigenvalue weighted by Gasteiger charge is -2.04. The average molecular weight is 289 g/mol. The van der Waals surface area contributed by atoms with Crippen LogP contribution in [0.15, 0.2) is 62.7 Å². The fourth-order valence-corrected chi connectivity index (χ4v) is 2.58. The van der Waals surface area contributed by atoms with Gasteiger partial charge < -0.3 is 9.52 Å². The lowest BCUT2D eigenvalue weighted by Crippen LogP contribution is -2.04. The highest BCUT2D eigenvalue weighted by molar-refractivity contribution is 6.21. The summed E-state index contributed by atoms with van der Waals surface area (Å²) in [7, 11) is 0. The van der Waals surface area contributed by atoms with E-state index in [1.165, 1.54) is 0 Å². The van der Waals surface area contributed by atoms with Gasteiger partial charge in [0, 0.05) is 17.4 Å². The monoisotopic (exact) mass is 289 g/mol. The maximum atomic E-state index is 12.1. The first-order chi connectivity index (χ1) is 10.7. The normalized spacial score (nSPS) is 14.6. The lowest BCUT2D eigenvalue weighted by molar-refractivity contribution is 0.466. The van der Waals surface area contributed by atoms with Gasteiger partial charge in [-0.15, -0.1) is 0 Å². The minimum absolute atomic E-state index is 0.0721. The molecule has 22 heavy (non-hydrogen) atoms. The van der Waals surface area contributed by atoms with Gasteiger partial charge in [-0.05, 0) is 24.3 Å². The van der Waals surface area contributed by atoms with Gasteiger partial charge >= 0.3 is 5.63 Å². The third kappa shape index (κ3) is 1.85. The van der Waals surface area contributed by atoms with Crippen molar-refractivity contribution < 1.29 is 9.52 Å². The van der Waals surface area contributed by atoms with E-state index in [0.29, 0.717) is 11.0 Å². The highest BCUT2D eigenvalue weighted by Crippen LogP contribution is 2.34. The molecule has 0 radical (unpaired) electrons. The first-order valence-electron chi connectivity index (χ1n) is 6.84. The fraction of sp³-hybridized carbons (Fsp3) is 0. The predicted molar refractivity (Wildman–Crippen MR) is 86.6 cm³/mol. The number of hydrogen-bond donors (Lipinski definition) is 1. The third-order valence-electron chi connectivity index (χ3n) is 3.68. The largest absolute Gasteiger partial charge is 0.506 e. The van der Waals surface area contributed by atoms with Crippen LogP contribution in [0.25, 0.3) is 22.6 Å². The molecule has 1 aromatic heterocycles. The number of fused-ring (bicyclic) bond motifs is 2. The van der Waals surface area contributed by atoms with E-state index < -0.39 is 5.63 Å². The number of benzene rings is 2. The van der Waals surface area contributed by atoms with E-state index in [2.05, 4.69) is 4.99 Å². The van der Waals surface area contributed by atoms with E-state index in [0.717, 1.165) is 16.8 Å². The second-order valence-electron chi connectivity index (χ2n) is 5.02. The SMILES string of the molecule is O=c1oc2ccccc2c(O)c1C=C1C=Nc2ccccc21. The topological polar surface area (TPSA) is 62.8 Å². The van der Waals surface area contributed by atoms with Crippen LogP contribution in [0, 0.1) is 0 Å². The number of aromatic hydroxyl groups is 1. The van der Waals surface area contributed by atoms with Gasteiger partial charge in [0.1, 0.15) is 16.9 Å². The van der Waals surface area contributed by atoms with Crippen LogP contribution in [0.4, 0.5) is 5.69 Å². The molecular weight excluding hydrogens is 278 g/mol. The molecule has 0 atom stereocenters. The molecule has 4 heteroatoms. The van der Waals surface area contributed by atoms with E-state index in [9.17, 15) is 9.90 Å². The maximum Gasteiger partial charge on any atom is 0.347 e. The van der Waals surface area contributed by atoms with E-state index in [-0.39, 0.29) is 11.3 Å². The Hall–Kier alpha value is -3.14. The summed E-state index contributed by atoms with van der Waals surface area (Å²) >= 11 is 0. The van der Waals surface area contributed by atoms with Crippen molar-refractivity contribution in [2.75, 3.05) is 0 Å². The number of hydrogen-bond acceptors (Lipinski definition) is 4. The molecule has 0 saturated carbocycles. The van der Waals surface area contributed by atoms with Crippen LogP contribution in [-0.4, -0.2) is 11.3 Å². The molecule has 1 aliphatic rings. The zero-order chi connectivity index (χ0) is 15.1. The van der Waals surface area contributed by atoms with Crippen molar-refractivity contribution >= 4 is 34.5 Å². The van der Waals surface area contributed by atoms with E-state index in [1.54, 1.807) is 36.6 Å². The summed E-state index contributed by atoms with van der Waals surface area (Å²) in [5.41, 5.74) is 2.48. The van der Waals surface area contributed by atoms with Crippen molar-refractivity contribution in [3.63, 3.8) is 0 Å². The van der Waals surface area contributed by atoms with Crippen LogP contribution >= 0.6 is 0 Å². The Morgan fingerprint density at radius 1 is 1.05 bits per heavy atom. The summed E-state index contributed by atoms with van der Waals surface area (Å²) in [5, 5.41) is 10.9. The zero-order valence-corrected chi connectivity index (χ0v) is 11.5. The van der Waals surface area contributed by atoms with Crippen LogP contribution in [0.3, 0.4) is 0 Å². The Morgan fingerprint density at radius 3 is 2.73 bits per heavy atom. The molecule has 0 amide bonds. The summed E-state index contributed by atoms with van der Waals surface area (Å²) in [6.45, 7) is 0. The van der Waals surface area contributed by atoms with Gasteiger partial charge in [-0.2, -0.15) is 0 Å². The highest BCUT2D eigenvalue weighted by Gasteiger charge is 2.16. The van der Waals surface area contributed by atoms with Gasteiger partial charge in [-0.3, -0.25) is 4.99 Å². The van der Waals surface area contributed by atoms with Gasteiger partial charge in [0.15, 0.2) is 0 Å². The molecule has 0 saturated heterocycles. The van der Waals surface area contributed by atoms with Crippen LogP contribution in [-0.2, 0) is 0 Å². The number of rotatable bonds is 1.